The normalized spacial score (nSPS) is 33.9. The molecule has 0 heterocycles. The second-order valence-electron chi connectivity index (χ2n) is 3.91. The van der Waals surface area contributed by atoms with E-state index < -0.39 is 0 Å². The van der Waals surface area contributed by atoms with Gasteiger partial charge >= 0.3 is 0 Å². The van der Waals surface area contributed by atoms with Gasteiger partial charge < -0.3 is 10.2 Å². The largest absolute Gasteiger partial charge is 0.393 e. The van der Waals surface area contributed by atoms with Crippen molar-refractivity contribution in [2.24, 2.45) is 5.92 Å². The van der Waals surface area contributed by atoms with E-state index in [1.54, 1.807) is 0 Å². The zero-order valence-corrected chi connectivity index (χ0v) is 9.54. The Morgan fingerprint density at radius 1 is 1.00 bits per heavy atom. The lowest BCUT2D eigenvalue weighted by atomic mass is 9.96. The Kier molecular flexibility index (Phi) is 5.29. The summed E-state index contributed by atoms with van der Waals surface area (Å²) in [5, 5.41) is 20.2. The maximum absolute atomic E-state index is 9.55. The van der Waals surface area contributed by atoms with Crippen molar-refractivity contribution in [3.63, 3.8) is 0 Å². The lowest BCUT2D eigenvalue weighted by Gasteiger charge is -2.17. The molecular formula is C10H19BrO2. The minimum absolute atomic E-state index is 0.148. The lowest BCUT2D eigenvalue weighted by molar-refractivity contribution is 0.0591. The lowest BCUT2D eigenvalue weighted by Crippen LogP contribution is -2.22. The number of aliphatic hydroxyl groups excluding tert-OH is 2. The fraction of sp³-hybridized carbons (Fsp3) is 1.00. The van der Waals surface area contributed by atoms with Crippen LogP contribution in [-0.4, -0.2) is 27.8 Å². The van der Waals surface area contributed by atoms with E-state index >= 15 is 0 Å². The number of rotatable bonds is 5. The quantitative estimate of drug-likeness (QED) is 0.580. The topological polar surface area (TPSA) is 40.5 Å². The second kappa shape index (κ2) is 5.99. The zero-order valence-electron chi connectivity index (χ0n) is 7.95. The van der Waals surface area contributed by atoms with Crippen LogP contribution in [0.1, 0.15) is 38.5 Å². The van der Waals surface area contributed by atoms with E-state index in [1.165, 1.54) is 12.8 Å². The molecule has 0 aromatic heterocycles. The molecule has 1 fully saturated rings. The van der Waals surface area contributed by atoms with Crippen LogP contribution in [0.4, 0.5) is 0 Å². The van der Waals surface area contributed by atoms with Gasteiger partial charge in [-0.2, -0.15) is 0 Å². The van der Waals surface area contributed by atoms with Crippen LogP contribution in [0, 0.1) is 5.92 Å². The van der Waals surface area contributed by atoms with Crippen LogP contribution < -0.4 is 0 Å². The monoisotopic (exact) mass is 250 g/mol. The predicted molar refractivity (Wildman–Crippen MR) is 57.0 cm³/mol. The first-order valence-electron chi connectivity index (χ1n) is 5.18. The molecule has 0 aromatic rings. The number of halogens is 1. The molecule has 1 aliphatic rings. The van der Waals surface area contributed by atoms with Gasteiger partial charge in [-0.3, -0.25) is 0 Å². The Morgan fingerprint density at radius 2 is 1.62 bits per heavy atom. The third-order valence-corrected chi connectivity index (χ3v) is 3.48. The fourth-order valence-electron chi connectivity index (χ4n) is 2.06. The molecule has 0 radical (unpaired) electrons. The first kappa shape index (κ1) is 11.5. The van der Waals surface area contributed by atoms with Gasteiger partial charge in [0.25, 0.3) is 0 Å². The third-order valence-electron chi connectivity index (χ3n) is 2.92. The molecule has 0 saturated heterocycles. The Labute approximate surface area is 88.5 Å². The summed E-state index contributed by atoms with van der Waals surface area (Å²) in [5.41, 5.74) is 0. The Hall–Kier alpha value is 0.400. The molecule has 0 bridgehead atoms. The molecule has 2 unspecified atom stereocenters. The minimum atomic E-state index is -0.251. The molecular weight excluding hydrogens is 232 g/mol. The van der Waals surface area contributed by atoms with Crippen LogP contribution in [0.25, 0.3) is 0 Å². The van der Waals surface area contributed by atoms with Crippen LogP contribution in [-0.2, 0) is 0 Å². The van der Waals surface area contributed by atoms with E-state index in [1.807, 2.05) is 0 Å². The van der Waals surface area contributed by atoms with Gasteiger partial charge in [-0.15, -0.1) is 0 Å². The molecule has 1 aliphatic carbocycles. The van der Waals surface area contributed by atoms with E-state index in [2.05, 4.69) is 15.9 Å². The minimum Gasteiger partial charge on any atom is -0.393 e. The van der Waals surface area contributed by atoms with Crippen LogP contribution >= 0.6 is 15.9 Å². The summed E-state index contributed by atoms with van der Waals surface area (Å²) in [6, 6.07) is 0. The maximum Gasteiger partial charge on any atom is 0.0594 e. The van der Waals surface area contributed by atoms with E-state index in [9.17, 15) is 10.2 Å². The van der Waals surface area contributed by atoms with Crippen molar-refractivity contribution in [3.8, 4) is 0 Å². The smallest absolute Gasteiger partial charge is 0.0594 e. The summed E-state index contributed by atoms with van der Waals surface area (Å²) >= 11 is 3.39. The average Bonchev–Trinajstić information content (AvgIpc) is 2.42. The van der Waals surface area contributed by atoms with Gasteiger partial charge in [-0.05, 0) is 25.7 Å². The van der Waals surface area contributed by atoms with Gasteiger partial charge in [0.05, 0.1) is 12.2 Å². The first-order chi connectivity index (χ1) is 6.25. The standard InChI is InChI=1S/C10H19BrO2/c11-7-3-1-2-4-8-9(12)5-6-10(8)13/h8-10,12-13H,1-7H2. The highest BCUT2D eigenvalue weighted by molar-refractivity contribution is 9.09. The Morgan fingerprint density at radius 3 is 2.15 bits per heavy atom. The molecule has 0 spiro atoms. The molecule has 0 aliphatic heterocycles. The molecule has 0 amide bonds. The molecule has 2 nitrogen and oxygen atoms in total. The predicted octanol–water partition coefficient (Wildman–Crippen LogP) is 2.07. The van der Waals surface area contributed by atoms with Crippen molar-refractivity contribution in [1.29, 1.82) is 0 Å². The van der Waals surface area contributed by atoms with Gasteiger partial charge in [0, 0.05) is 11.2 Å². The van der Waals surface area contributed by atoms with Gasteiger partial charge in [0.15, 0.2) is 0 Å². The first-order valence-corrected chi connectivity index (χ1v) is 6.30. The molecule has 1 rings (SSSR count). The van der Waals surface area contributed by atoms with Gasteiger partial charge in [-0.25, -0.2) is 0 Å². The van der Waals surface area contributed by atoms with Crippen LogP contribution in [0.5, 0.6) is 0 Å². The molecule has 78 valence electrons. The summed E-state index contributed by atoms with van der Waals surface area (Å²) in [7, 11) is 0. The zero-order chi connectivity index (χ0) is 9.68. The van der Waals surface area contributed by atoms with Gasteiger partial charge in [-0.1, -0.05) is 28.8 Å². The summed E-state index contributed by atoms with van der Waals surface area (Å²) < 4.78 is 0. The molecule has 2 atom stereocenters. The van der Waals surface area contributed by atoms with Crippen LogP contribution in [0.3, 0.4) is 0 Å². The van der Waals surface area contributed by atoms with E-state index in [-0.39, 0.29) is 18.1 Å². The number of unbranched alkanes of at least 4 members (excludes halogenated alkanes) is 2. The second-order valence-corrected chi connectivity index (χ2v) is 4.71. The van der Waals surface area contributed by atoms with Gasteiger partial charge in [0.2, 0.25) is 0 Å². The van der Waals surface area contributed by atoms with Crippen molar-refractivity contribution in [1.82, 2.24) is 0 Å². The van der Waals surface area contributed by atoms with Crippen LogP contribution in [0.15, 0.2) is 0 Å². The number of aliphatic hydroxyl groups is 2. The van der Waals surface area contributed by atoms with Crippen LogP contribution in [0.2, 0.25) is 0 Å². The number of alkyl halides is 1. The van der Waals surface area contributed by atoms with Crippen molar-refractivity contribution in [2.75, 3.05) is 5.33 Å². The van der Waals surface area contributed by atoms with Crippen molar-refractivity contribution in [3.05, 3.63) is 0 Å². The SMILES string of the molecule is OC1CCC(O)C1CCCCCBr. The average molecular weight is 251 g/mol. The molecule has 2 N–H and O–H groups in total. The summed E-state index contributed by atoms with van der Waals surface area (Å²) in [6.07, 6.45) is 5.56. The van der Waals surface area contributed by atoms with Crippen molar-refractivity contribution >= 4 is 15.9 Å². The van der Waals surface area contributed by atoms with Crippen molar-refractivity contribution in [2.45, 2.75) is 50.7 Å². The molecule has 13 heavy (non-hydrogen) atoms. The third kappa shape index (κ3) is 3.56. The Balaban J connectivity index is 2.12. The Bertz CT molecular complexity index is 131. The van der Waals surface area contributed by atoms with E-state index in [0.29, 0.717) is 0 Å². The maximum atomic E-state index is 9.55. The summed E-state index contributed by atoms with van der Waals surface area (Å²) in [4.78, 5) is 0. The van der Waals surface area contributed by atoms with Gasteiger partial charge in [0.1, 0.15) is 0 Å². The molecule has 1 saturated carbocycles. The number of hydrogen-bond acceptors (Lipinski definition) is 2. The van der Waals surface area contributed by atoms with Crippen molar-refractivity contribution < 1.29 is 10.2 Å². The molecule has 0 aromatic carbocycles. The fourth-order valence-corrected chi connectivity index (χ4v) is 2.46. The summed E-state index contributed by atoms with van der Waals surface area (Å²) in [5.74, 6) is 0.148. The molecule has 3 heteroatoms. The van der Waals surface area contributed by atoms with E-state index in [0.717, 1.165) is 31.0 Å². The van der Waals surface area contributed by atoms with E-state index in [4.69, 9.17) is 0 Å². The highest BCUT2D eigenvalue weighted by atomic mass is 79.9. The highest BCUT2D eigenvalue weighted by Crippen LogP contribution is 2.30. The number of hydrogen-bond donors (Lipinski definition) is 2. The summed E-state index contributed by atoms with van der Waals surface area (Å²) in [6.45, 7) is 0. The highest BCUT2D eigenvalue weighted by Gasteiger charge is 2.32.